The summed E-state index contributed by atoms with van der Waals surface area (Å²) in [6.07, 6.45) is 0.926. The van der Waals surface area contributed by atoms with E-state index >= 15 is 0 Å². The van der Waals surface area contributed by atoms with Crippen LogP contribution < -0.4 is 10.1 Å². The predicted octanol–water partition coefficient (Wildman–Crippen LogP) is 2.87. The third kappa shape index (κ3) is 6.61. The number of rotatable bonds is 8. The second-order valence-electron chi connectivity index (χ2n) is 7.17. The van der Waals surface area contributed by atoms with E-state index in [4.69, 9.17) is 9.47 Å². The molecule has 0 bridgehead atoms. The molecule has 1 unspecified atom stereocenters. The van der Waals surface area contributed by atoms with Gasteiger partial charge in [-0.15, -0.1) is 0 Å². The Morgan fingerprint density at radius 3 is 2.79 bits per heavy atom. The molecule has 2 aromatic carbocycles. The first-order valence-electron chi connectivity index (χ1n) is 10.0. The molecule has 0 saturated carbocycles. The average Bonchev–Trinajstić information content (AvgIpc) is 2.76. The van der Waals surface area contributed by atoms with Crippen molar-refractivity contribution in [3.63, 3.8) is 0 Å². The van der Waals surface area contributed by atoms with Gasteiger partial charge < -0.3 is 19.7 Å². The van der Waals surface area contributed by atoms with Crippen molar-refractivity contribution in [1.29, 1.82) is 0 Å². The Morgan fingerprint density at radius 2 is 2.00 bits per heavy atom. The van der Waals surface area contributed by atoms with E-state index in [-0.39, 0.29) is 24.5 Å². The molecule has 2 amide bonds. The molecular weight excluding hydrogens is 368 g/mol. The van der Waals surface area contributed by atoms with E-state index in [9.17, 15) is 9.59 Å². The number of hydrogen-bond donors (Lipinski definition) is 1. The lowest BCUT2D eigenvalue weighted by Gasteiger charge is -2.33. The van der Waals surface area contributed by atoms with Gasteiger partial charge in [0.25, 0.3) is 5.91 Å². The lowest BCUT2D eigenvalue weighted by molar-refractivity contribution is -0.139. The molecule has 0 spiro atoms. The van der Waals surface area contributed by atoms with Gasteiger partial charge in [-0.05, 0) is 36.6 Å². The Labute approximate surface area is 171 Å². The Kier molecular flexibility index (Phi) is 7.64. The molecule has 6 heteroatoms. The van der Waals surface area contributed by atoms with Gasteiger partial charge in [0.15, 0.2) is 6.61 Å². The van der Waals surface area contributed by atoms with Crippen molar-refractivity contribution < 1.29 is 19.1 Å². The first-order valence-corrected chi connectivity index (χ1v) is 10.0. The summed E-state index contributed by atoms with van der Waals surface area (Å²) in [6, 6.07) is 17.5. The fourth-order valence-electron chi connectivity index (χ4n) is 3.28. The second-order valence-corrected chi connectivity index (χ2v) is 7.17. The van der Waals surface area contributed by atoms with Crippen LogP contribution in [0.15, 0.2) is 54.6 Å². The molecule has 1 N–H and O–H groups in total. The molecule has 0 aromatic heterocycles. The third-order valence-corrected chi connectivity index (χ3v) is 4.84. The fourth-order valence-corrected chi connectivity index (χ4v) is 3.28. The number of nitrogens with zero attached hydrogens (tertiary/aromatic N) is 1. The van der Waals surface area contributed by atoms with E-state index in [1.807, 2.05) is 66.4 Å². The summed E-state index contributed by atoms with van der Waals surface area (Å²) >= 11 is 0. The van der Waals surface area contributed by atoms with Gasteiger partial charge in [0.2, 0.25) is 5.91 Å². The Morgan fingerprint density at radius 1 is 1.17 bits per heavy atom. The van der Waals surface area contributed by atoms with Crippen LogP contribution in [0.25, 0.3) is 0 Å². The smallest absolute Gasteiger partial charge is 0.257 e. The molecule has 2 aromatic rings. The van der Waals surface area contributed by atoms with Crippen LogP contribution in [0.5, 0.6) is 5.75 Å². The van der Waals surface area contributed by atoms with E-state index in [1.54, 1.807) is 0 Å². The minimum absolute atomic E-state index is 0.0282. The van der Waals surface area contributed by atoms with Crippen LogP contribution in [0.4, 0.5) is 0 Å². The monoisotopic (exact) mass is 396 g/mol. The van der Waals surface area contributed by atoms with Crippen LogP contribution in [0, 0.1) is 6.92 Å². The summed E-state index contributed by atoms with van der Waals surface area (Å²) in [7, 11) is 0. The number of aryl methyl sites for hydroxylation is 1. The van der Waals surface area contributed by atoms with Gasteiger partial charge in [-0.2, -0.15) is 0 Å². The van der Waals surface area contributed by atoms with Gasteiger partial charge >= 0.3 is 0 Å². The van der Waals surface area contributed by atoms with Gasteiger partial charge in [0.05, 0.1) is 13.2 Å². The zero-order chi connectivity index (χ0) is 20.5. The van der Waals surface area contributed by atoms with Crippen LogP contribution >= 0.6 is 0 Å². The number of morpholine rings is 1. The summed E-state index contributed by atoms with van der Waals surface area (Å²) in [5.41, 5.74) is 2.17. The molecule has 1 atom stereocenters. The van der Waals surface area contributed by atoms with E-state index in [2.05, 4.69) is 5.32 Å². The van der Waals surface area contributed by atoms with Crippen LogP contribution in [-0.2, 0) is 14.3 Å². The van der Waals surface area contributed by atoms with E-state index < -0.39 is 0 Å². The summed E-state index contributed by atoms with van der Waals surface area (Å²) in [5.74, 6) is 0.588. The van der Waals surface area contributed by atoms with Crippen LogP contribution in [0.2, 0.25) is 0 Å². The lowest BCUT2D eigenvalue weighted by atomic mass is 10.1. The number of carbonyl (C=O) groups is 2. The second kappa shape index (κ2) is 10.6. The zero-order valence-electron chi connectivity index (χ0n) is 16.8. The van der Waals surface area contributed by atoms with Crippen LogP contribution in [-0.4, -0.2) is 49.6 Å². The highest BCUT2D eigenvalue weighted by atomic mass is 16.5. The van der Waals surface area contributed by atoms with Gasteiger partial charge in [0.1, 0.15) is 11.9 Å². The molecular formula is C23H28N2O4. The molecule has 154 valence electrons. The number of hydrogen-bond acceptors (Lipinski definition) is 4. The molecule has 6 nitrogen and oxygen atoms in total. The maximum atomic E-state index is 12.5. The number of ether oxygens (including phenoxy) is 2. The average molecular weight is 396 g/mol. The molecule has 1 aliphatic rings. The third-order valence-electron chi connectivity index (χ3n) is 4.84. The summed E-state index contributed by atoms with van der Waals surface area (Å²) in [6.45, 7) is 4.12. The van der Waals surface area contributed by atoms with Crippen molar-refractivity contribution in [2.75, 3.05) is 32.8 Å². The maximum Gasteiger partial charge on any atom is 0.257 e. The number of amides is 2. The van der Waals surface area contributed by atoms with Crippen molar-refractivity contribution in [2.45, 2.75) is 25.9 Å². The number of carbonyl (C=O) groups excluding carboxylic acids is 2. The van der Waals surface area contributed by atoms with Crippen molar-refractivity contribution in [3.8, 4) is 5.75 Å². The lowest BCUT2D eigenvalue weighted by Crippen LogP contribution is -2.42. The molecule has 1 heterocycles. The zero-order valence-corrected chi connectivity index (χ0v) is 16.8. The van der Waals surface area contributed by atoms with E-state index in [0.717, 1.165) is 11.1 Å². The van der Waals surface area contributed by atoms with Crippen LogP contribution in [0.3, 0.4) is 0 Å². The van der Waals surface area contributed by atoms with Gasteiger partial charge in [-0.25, -0.2) is 0 Å². The maximum absolute atomic E-state index is 12.5. The fraction of sp³-hybridized carbons (Fsp3) is 0.391. The van der Waals surface area contributed by atoms with Crippen molar-refractivity contribution in [3.05, 3.63) is 65.7 Å². The largest absolute Gasteiger partial charge is 0.484 e. The van der Waals surface area contributed by atoms with Gasteiger partial charge in [0, 0.05) is 19.5 Å². The molecule has 29 heavy (non-hydrogen) atoms. The van der Waals surface area contributed by atoms with E-state index in [0.29, 0.717) is 44.8 Å². The van der Waals surface area contributed by atoms with Crippen LogP contribution in [0.1, 0.15) is 30.1 Å². The van der Waals surface area contributed by atoms with Crippen molar-refractivity contribution in [1.82, 2.24) is 10.2 Å². The standard InChI is InChI=1S/C23H28N2O4/c1-18-7-5-10-20(15-18)29-17-22(26)24-12-6-11-23(27)25-13-14-28-21(16-25)19-8-3-2-4-9-19/h2-5,7-10,15,21H,6,11-14,16-17H2,1H3,(H,24,26). The predicted molar refractivity (Wildman–Crippen MR) is 111 cm³/mol. The molecule has 0 radical (unpaired) electrons. The minimum atomic E-state index is -0.186. The highest BCUT2D eigenvalue weighted by molar-refractivity contribution is 5.78. The normalized spacial score (nSPS) is 16.3. The molecule has 1 saturated heterocycles. The Balaban J connectivity index is 1.33. The Hall–Kier alpha value is -2.86. The molecule has 1 fully saturated rings. The first kappa shape index (κ1) is 20.9. The SMILES string of the molecule is Cc1cccc(OCC(=O)NCCCC(=O)N2CCOC(c3ccccc3)C2)c1. The number of benzene rings is 2. The number of nitrogens with one attached hydrogen (secondary N) is 1. The highest BCUT2D eigenvalue weighted by Crippen LogP contribution is 2.22. The topological polar surface area (TPSA) is 67.9 Å². The Bertz CT molecular complexity index is 810. The highest BCUT2D eigenvalue weighted by Gasteiger charge is 2.24. The van der Waals surface area contributed by atoms with Crippen molar-refractivity contribution in [2.24, 2.45) is 0 Å². The molecule has 0 aliphatic carbocycles. The molecule has 3 rings (SSSR count). The van der Waals surface area contributed by atoms with Crippen molar-refractivity contribution >= 4 is 11.8 Å². The quantitative estimate of drug-likeness (QED) is 0.697. The van der Waals surface area contributed by atoms with Gasteiger partial charge in [-0.1, -0.05) is 42.5 Å². The van der Waals surface area contributed by atoms with Gasteiger partial charge in [-0.3, -0.25) is 9.59 Å². The minimum Gasteiger partial charge on any atom is -0.484 e. The summed E-state index contributed by atoms with van der Waals surface area (Å²) < 4.78 is 11.3. The van der Waals surface area contributed by atoms with E-state index in [1.165, 1.54) is 0 Å². The summed E-state index contributed by atoms with van der Waals surface area (Å²) in [4.78, 5) is 26.2. The summed E-state index contributed by atoms with van der Waals surface area (Å²) in [5, 5.41) is 2.80. The molecule has 1 aliphatic heterocycles. The first-order chi connectivity index (χ1) is 14.1.